The van der Waals surface area contributed by atoms with Crippen LogP contribution in [-0.2, 0) is 10.0 Å². The van der Waals surface area contributed by atoms with Crippen molar-refractivity contribution in [1.29, 1.82) is 0 Å². The average molecular weight is 339 g/mol. The molecule has 0 bridgehead atoms. The first-order valence-electron chi connectivity index (χ1n) is 6.39. The van der Waals surface area contributed by atoms with Crippen LogP contribution >= 0.6 is 11.6 Å². The molecular formula is C15H15ClN2O3S. The van der Waals surface area contributed by atoms with Crippen LogP contribution in [0.25, 0.3) is 0 Å². The summed E-state index contributed by atoms with van der Waals surface area (Å²) in [4.78, 5) is 12.4. The lowest BCUT2D eigenvalue weighted by Crippen LogP contribution is -2.27. The molecule has 1 amide bonds. The fourth-order valence-electron chi connectivity index (χ4n) is 1.85. The van der Waals surface area contributed by atoms with Crippen LogP contribution in [0, 0.1) is 0 Å². The van der Waals surface area contributed by atoms with Crippen LogP contribution in [0.2, 0.25) is 5.02 Å². The number of anilines is 2. The molecule has 2 aromatic rings. The molecule has 22 heavy (non-hydrogen) atoms. The summed E-state index contributed by atoms with van der Waals surface area (Å²) < 4.78 is 24.4. The summed E-state index contributed by atoms with van der Waals surface area (Å²) >= 11 is 5.80. The fraction of sp³-hybridized carbons (Fsp3) is 0.133. The van der Waals surface area contributed by atoms with E-state index in [-0.39, 0.29) is 5.56 Å². The molecule has 0 aliphatic heterocycles. The third-order valence-corrected chi connectivity index (χ3v) is 4.53. The monoisotopic (exact) mass is 338 g/mol. The second-order valence-corrected chi connectivity index (χ2v) is 7.16. The Morgan fingerprint density at radius 1 is 1.09 bits per heavy atom. The number of rotatable bonds is 4. The highest BCUT2D eigenvalue weighted by Gasteiger charge is 2.19. The number of hydrogen-bond donors (Lipinski definition) is 1. The molecule has 7 heteroatoms. The minimum absolute atomic E-state index is 0.269. The summed E-state index contributed by atoms with van der Waals surface area (Å²) in [6.07, 6.45) is 1.08. The van der Waals surface area contributed by atoms with Gasteiger partial charge in [0.05, 0.1) is 17.5 Å². The van der Waals surface area contributed by atoms with Gasteiger partial charge in [0.25, 0.3) is 5.91 Å². The van der Waals surface area contributed by atoms with Crippen molar-refractivity contribution in [2.45, 2.75) is 0 Å². The number of hydrogen-bond acceptors (Lipinski definition) is 3. The van der Waals surface area contributed by atoms with Crippen molar-refractivity contribution < 1.29 is 13.2 Å². The first kappa shape index (κ1) is 16.3. The van der Waals surface area contributed by atoms with Crippen LogP contribution in [0.5, 0.6) is 0 Å². The van der Waals surface area contributed by atoms with E-state index in [0.29, 0.717) is 16.4 Å². The second-order valence-electron chi connectivity index (χ2n) is 4.71. The van der Waals surface area contributed by atoms with Crippen LogP contribution in [0.4, 0.5) is 11.4 Å². The van der Waals surface area contributed by atoms with Gasteiger partial charge in [-0.05, 0) is 36.4 Å². The third-order valence-electron chi connectivity index (χ3n) is 3.09. The van der Waals surface area contributed by atoms with Crippen LogP contribution in [0.15, 0.2) is 48.5 Å². The molecule has 0 aromatic heterocycles. The fourth-order valence-corrected chi connectivity index (χ4v) is 2.49. The number of para-hydroxylation sites is 1. The topological polar surface area (TPSA) is 66.5 Å². The predicted molar refractivity (Wildman–Crippen MR) is 89.1 cm³/mol. The highest BCUT2D eigenvalue weighted by Crippen LogP contribution is 2.23. The molecule has 5 nitrogen and oxygen atoms in total. The molecular weight excluding hydrogens is 324 g/mol. The van der Waals surface area contributed by atoms with Crippen LogP contribution < -0.4 is 9.62 Å². The Kier molecular flexibility index (Phi) is 4.73. The van der Waals surface area contributed by atoms with E-state index in [0.717, 1.165) is 10.6 Å². The molecule has 0 heterocycles. The maximum atomic E-state index is 12.4. The standard InChI is InChI=1S/C15H15ClN2O3S/c1-18(22(2,20)21)14-6-4-3-5-13(14)15(19)17-12-9-7-11(16)8-10-12/h3-10H,1-2H3,(H,17,19). The summed E-state index contributed by atoms with van der Waals surface area (Å²) in [5.41, 5.74) is 1.16. The van der Waals surface area contributed by atoms with Crippen LogP contribution in [0.1, 0.15) is 10.4 Å². The van der Waals surface area contributed by atoms with Gasteiger partial charge in [-0.25, -0.2) is 8.42 Å². The van der Waals surface area contributed by atoms with Gasteiger partial charge in [-0.3, -0.25) is 9.10 Å². The molecule has 0 unspecified atom stereocenters. The van der Waals surface area contributed by atoms with Crippen molar-refractivity contribution >= 4 is 38.9 Å². The SMILES string of the molecule is CN(c1ccccc1C(=O)Nc1ccc(Cl)cc1)S(C)(=O)=O. The summed E-state index contributed by atoms with van der Waals surface area (Å²) in [6, 6.07) is 13.2. The summed E-state index contributed by atoms with van der Waals surface area (Å²) in [6.45, 7) is 0. The number of carbonyl (C=O) groups is 1. The van der Waals surface area contributed by atoms with Crippen LogP contribution in [0.3, 0.4) is 0 Å². The molecule has 0 fully saturated rings. The van der Waals surface area contributed by atoms with Gasteiger partial charge in [0.15, 0.2) is 0 Å². The number of amides is 1. The van der Waals surface area contributed by atoms with E-state index in [2.05, 4.69) is 5.32 Å². The molecule has 0 aliphatic carbocycles. The van der Waals surface area contributed by atoms with Gasteiger partial charge in [-0.15, -0.1) is 0 Å². The Bertz CT molecular complexity index is 789. The van der Waals surface area contributed by atoms with E-state index >= 15 is 0 Å². The zero-order chi connectivity index (χ0) is 16.3. The Morgan fingerprint density at radius 2 is 1.68 bits per heavy atom. The smallest absolute Gasteiger partial charge is 0.257 e. The third kappa shape index (κ3) is 3.78. The number of sulfonamides is 1. The van der Waals surface area contributed by atoms with Crippen molar-refractivity contribution in [2.75, 3.05) is 22.9 Å². The average Bonchev–Trinajstić information content (AvgIpc) is 2.48. The first-order valence-corrected chi connectivity index (χ1v) is 8.61. The van der Waals surface area contributed by atoms with Gasteiger partial charge in [0.2, 0.25) is 10.0 Å². The van der Waals surface area contributed by atoms with Gasteiger partial charge < -0.3 is 5.32 Å². The number of nitrogens with zero attached hydrogens (tertiary/aromatic N) is 1. The molecule has 0 saturated heterocycles. The maximum absolute atomic E-state index is 12.4. The highest BCUT2D eigenvalue weighted by atomic mass is 35.5. The molecule has 1 N–H and O–H groups in total. The number of carbonyl (C=O) groups excluding carboxylic acids is 1. The van der Waals surface area contributed by atoms with E-state index < -0.39 is 15.9 Å². The molecule has 0 radical (unpaired) electrons. The highest BCUT2D eigenvalue weighted by molar-refractivity contribution is 7.92. The summed E-state index contributed by atoms with van der Waals surface area (Å²) in [7, 11) is -2.05. The zero-order valence-electron chi connectivity index (χ0n) is 12.1. The van der Waals surface area contributed by atoms with Gasteiger partial charge in [-0.1, -0.05) is 23.7 Å². The normalized spacial score (nSPS) is 11.0. The Balaban J connectivity index is 2.32. The lowest BCUT2D eigenvalue weighted by Gasteiger charge is -2.19. The van der Waals surface area contributed by atoms with E-state index in [4.69, 9.17) is 11.6 Å². The number of benzene rings is 2. The first-order chi connectivity index (χ1) is 10.3. The van der Waals surface area contributed by atoms with E-state index in [9.17, 15) is 13.2 Å². The second kappa shape index (κ2) is 6.37. The maximum Gasteiger partial charge on any atom is 0.257 e. The van der Waals surface area contributed by atoms with Crippen molar-refractivity contribution in [2.24, 2.45) is 0 Å². The molecule has 116 valence electrons. The quantitative estimate of drug-likeness (QED) is 0.932. The van der Waals surface area contributed by atoms with Crippen molar-refractivity contribution in [3.05, 3.63) is 59.1 Å². The summed E-state index contributed by atoms with van der Waals surface area (Å²) in [5.74, 6) is -0.395. The number of halogens is 1. The molecule has 0 saturated carbocycles. The van der Waals surface area contributed by atoms with Crippen LogP contribution in [-0.4, -0.2) is 27.6 Å². The van der Waals surface area contributed by atoms with E-state index in [1.54, 1.807) is 48.5 Å². The zero-order valence-corrected chi connectivity index (χ0v) is 13.6. The largest absolute Gasteiger partial charge is 0.322 e. The number of nitrogens with one attached hydrogen (secondary N) is 1. The van der Waals surface area contributed by atoms with Crippen molar-refractivity contribution in [1.82, 2.24) is 0 Å². The Hall–Kier alpha value is -2.05. The molecule has 0 spiro atoms. The van der Waals surface area contributed by atoms with Crippen molar-refractivity contribution in [3.63, 3.8) is 0 Å². The Morgan fingerprint density at radius 3 is 2.27 bits per heavy atom. The lowest BCUT2D eigenvalue weighted by molar-refractivity contribution is 0.102. The molecule has 2 aromatic carbocycles. The lowest BCUT2D eigenvalue weighted by atomic mass is 10.1. The van der Waals surface area contributed by atoms with Gasteiger partial charge >= 0.3 is 0 Å². The molecule has 2 rings (SSSR count). The van der Waals surface area contributed by atoms with Gasteiger partial charge in [0, 0.05) is 17.8 Å². The van der Waals surface area contributed by atoms with E-state index in [1.165, 1.54) is 7.05 Å². The Labute approximate surface area is 134 Å². The van der Waals surface area contributed by atoms with Crippen molar-refractivity contribution in [3.8, 4) is 0 Å². The van der Waals surface area contributed by atoms with Gasteiger partial charge in [-0.2, -0.15) is 0 Å². The van der Waals surface area contributed by atoms with Gasteiger partial charge in [0.1, 0.15) is 0 Å². The molecule has 0 atom stereocenters. The minimum Gasteiger partial charge on any atom is -0.322 e. The predicted octanol–water partition coefficient (Wildman–Crippen LogP) is 2.99. The summed E-state index contributed by atoms with van der Waals surface area (Å²) in [5, 5.41) is 3.28. The minimum atomic E-state index is -3.45. The molecule has 0 aliphatic rings. The van der Waals surface area contributed by atoms with E-state index in [1.807, 2.05) is 0 Å².